The van der Waals surface area contributed by atoms with Gasteiger partial charge in [0.05, 0.1) is 0 Å². The number of hydrogen-bond acceptors (Lipinski definition) is 6. The summed E-state index contributed by atoms with van der Waals surface area (Å²) in [5, 5.41) is 18.3. The van der Waals surface area contributed by atoms with Gasteiger partial charge < -0.3 is 10.2 Å². The lowest BCUT2D eigenvalue weighted by Gasteiger charge is -2.27. The van der Waals surface area contributed by atoms with Crippen LogP contribution in [0, 0.1) is 6.92 Å². The molecule has 0 unspecified atom stereocenters. The van der Waals surface area contributed by atoms with Crippen molar-refractivity contribution >= 4 is 28.7 Å². The van der Waals surface area contributed by atoms with Gasteiger partial charge in [0.2, 0.25) is 5.91 Å². The van der Waals surface area contributed by atoms with Crippen molar-refractivity contribution in [1.82, 2.24) is 25.1 Å². The highest BCUT2D eigenvalue weighted by atomic mass is 32.1. The zero-order valence-corrected chi connectivity index (χ0v) is 17.0. The van der Waals surface area contributed by atoms with Crippen molar-refractivity contribution in [1.29, 1.82) is 0 Å². The standard InChI is InChI=1S/C20H26N6OS/c1-15-10-14-28-16(15)9-11-21-20(27)8-7-18-23-22-17-5-6-19(24-26(17)18)25-12-3-2-4-13-25/h5-6,10,14H,2-4,7-9,11-13H2,1H3,(H,21,27). The molecule has 0 aromatic carbocycles. The molecule has 0 aliphatic carbocycles. The highest BCUT2D eigenvalue weighted by molar-refractivity contribution is 7.10. The molecule has 1 aliphatic heterocycles. The summed E-state index contributed by atoms with van der Waals surface area (Å²) < 4.78 is 1.78. The summed E-state index contributed by atoms with van der Waals surface area (Å²) >= 11 is 1.74. The van der Waals surface area contributed by atoms with Crippen LogP contribution in [0.2, 0.25) is 0 Å². The number of aryl methyl sites for hydroxylation is 2. The zero-order valence-electron chi connectivity index (χ0n) is 16.2. The van der Waals surface area contributed by atoms with Crippen LogP contribution in [-0.2, 0) is 17.6 Å². The van der Waals surface area contributed by atoms with Crippen molar-refractivity contribution in [2.45, 2.75) is 45.4 Å². The predicted molar refractivity (Wildman–Crippen MR) is 111 cm³/mol. The highest BCUT2D eigenvalue weighted by Crippen LogP contribution is 2.18. The van der Waals surface area contributed by atoms with E-state index in [2.05, 4.69) is 38.8 Å². The molecule has 8 heteroatoms. The van der Waals surface area contributed by atoms with Gasteiger partial charge >= 0.3 is 0 Å². The van der Waals surface area contributed by atoms with Crippen LogP contribution in [0.4, 0.5) is 5.82 Å². The van der Waals surface area contributed by atoms with E-state index in [-0.39, 0.29) is 5.91 Å². The Morgan fingerprint density at radius 2 is 2.00 bits per heavy atom. The Bertz CT molecular complexity index is 943. The van der Waals surface area contributed by atoms with Gasteiger partial charge in [-0.3, -0.25) is 4.79 Å². The molecule has 1 fully saturated rings. The summed E-state index contributed by atoms with van der Waals surface area (Å²) in [6.07, 6.45) is 5.50. The number of nitrogens with one attached hydrogen (secondary N) is 1. The maximum atomic E-state index is 12.2. The summed E-state index contributed by atoms with van der Waals surface area (Å²) in [6, 6.07) is 6.08. The molecule has 1 saturated heterocycles. The summed E-state index contributed by atoms with van der Waals surface area (Å²) in [7, 11) is 0. The molecule has 3 aromatic rings. The van der Waals surface area contributed by atoms with Crippen molar-refractivity contribution in [2.24, 2.45) is 0 Å². The maximum Gasteiger partial charge on any atom is 0.220 e. The van der Waals surface area contributed by atoms with E-state index in [4.69, 9.17) is 5.10 Å². The number of anilines is 1. The molecular weight excluding hydrogens is 372 g/mol. The molecule has 3 aromatic heterocycles. The van der Waals surface area contributed by atoms with Gasteiger partial charge in [-0.15, -0.1) is 26.6 Å². The fraction of sp³-hybridized carbons (Fsp3) is 0.500. The minimum absolute atomic E-state index is 0.0399. The van der Waals surface area contributed by atoms with Gasteiger partial charge in [0, 0.05) is 37.4 Å². The maximum absolute atomic E-state index is 12.2. The predicted octanol–water partition coefficient (Wildman–Crippen LogP) is 2.78. The van der Waals surface area contributed by atoms with Gasteiger partial charge in [-0.2, -0.15) is 4.52 Å². The molecule has 0 atom stereocenters. The van der Waals surface area contributed by atoms with E-state index in [1.54, 1.807) is 15.9 Å². The molecule has 4 heterocycles. The molecule has 0 radical (unpaired) electrons. The van der Waals surface area contributed by atoms with Crippen molar-refractivity contribution in [3.8, 4) is 0 Å². The van der Waals surface area contributed by atoms with Crippen molar-refractivity contribution in [3.63, 3.8) is 0 Å². The van der Waals surface area contributed by atoms with E-state index in [0.717, 1.165) is 36.8 Å². The molecule has 1 amide bonds. The molecule has 4 rings (SSSR count). The number of nitrogens with zero attached hydrogens (tertiary/aromatic N) is 5. The minimum Gasteiger partial charge on any atom is -0.356 e. The molecule has 1 aliphatic rings. The van der Waals surface area contributed by atoms with Gasteiger partial charge in [0.15, 0.2) is 11.5 Å². The summed E-state index contributed by atoms with van der Waals surface area (Å²) in [6.45, 7) is 4.86. The van der Waals surface area contributed by atoms with Crippen LogP contribution in [0.1, 0.15) is 41.9 Å². The van der Waals surface area contributed by atoms with Gasteiger partial charge in [-0.1, -0.05) is 0 Å². The number of rotatable bonds is 7. The second kappa shape index (κ2) is 8.68. The number of carbonyl (C=O) groups is 1. The molecule has 0 saturated carbocycles. The van der Waals surface area contributed by atoms with Crippen LogP contribution >= 0.6 is 11.3 Å². The molecule has 7 nitrogen and oxygen atoms in total. The van der Waals surface area contributed by atoms with Crippen LogP contribution in [-0.4, -0.2) is 45.4 Å². The lowest BCUT2D eigenvalue weighted by Crippen LogP contribution is -2.30. The number of carbonyl (C=O) groups excluding carboxylic acids is 1. The summed E-state index contributed by atoms with van der Waals surface area (Å²) in [5.41, 5.74) is 2.02. The largest absolute Gasteiger partial charge is 0.356 e. The van der Waals surface area contributed by atoms with E-state index >= 15 is 0 Å². The lowest BCUT2D eigenvalue weighted by atomic mass is 10.1. The van der Waals surface area contributed by atoms with Gasteiger partial charge in [0.25, 0.3) is 0 Å². The molecule has 0 spiro atoms. The smallest absolute Gasteiger partial charge is 0.220 e. The van der Waals surface area contributed by atoms with Crippen LogP contribution in [0.5, 0.6) is 0 Å². The average Bonchev–Trinajstić information content (AvgIpc) is 3.32. The quantitative estimate of drug-likeness (QED) is 0.662. The second-order valence-corrected chi connectivity index (χ2v) is 8.25. The van der Waals surface area contributed by atoms with E-state index in [1.807, 2.05) is 12.1 Å². The average molecular weight is 399 g/mol. The Hall–Kier alpha value is -2.48. The Morgan fingerprint density at radius 1 is 1.14 bits per heavy atom. The zero-order chi connectivity index (χ0) is 19.3. The number of fused-ring (bicyclic) bond motifs is 1. The minimum atomic E-state index is 0.0399. The third-order valence-corrected chi connectivity index (χ3v) is 6.29. The van der Waals surface area contributed by atoms with E-state index in [9.17, 15) is 4.79 Å². The normalized spacial score (nSPS) is 14.5. The summed E-state index contributed by atoms with van der Waals surface area (Å²) in [5.74, 6) is 1.74. The Kier molecular flexibility index (Phi) is 5.85. The fourth-order valence-electron chi connectivity index (χ4n) is 3.56. The first-order valence-corrected chi connectivity index (χ1v) is 10.8. The van der Waals surface area contributed by atoms with Crippen molar-refractivity contribution in [2.75, 3.05) is 24.5 Å². The number of piperidine rings is 1. The molecular formula is C20H26N6OS. The van der Waals surface area contributed by atoms with Crippen molar-refractivity contribution in [3.05, 3.63) is 39.8 Å². The highest BCUT2D eigenvalue weighted by Gasteiger charge is 2.15. The SMILES string of the molecule is Cc1ccsc1CCNC(=O)CCc1nnc2ccc(N3CCCCC3)nn12. The molecule has 148 valence electrons. The summed E-state index contributed by atoms with van der Waals surface area (Å²) in [4.78, 5) is 15.9. The molecule has 28 heavy (non-hydrogen) atoms. The monoisotopic (exact) mass is 398 g/mol. The Morgan fingerprint density at radius 3 is 2.79 bits per heavy atom. The van der Waals surface area contributed by atoms with Gasteiger partial charge in [-0.25, -0.2) is 0 Å². The topological polar surface area (TPSA) is 75.4 Å². The molecule has 0 bridgehead atoms. The van der Waals surface area contributed by atoms with Gasteiger partial charge in [-0.05, 0) is 61.7 Å². The first-order chi connectivity index (χ1) is 13.7. The Labute approximate surface area is 168 Å². The van der Waals surface area contributed by atoms with E-state index in [0.29, 0.717) is 19.4 Å². The van der Waals surface area contributed by atoms with Crippen LogP contribution < -0.4 is 10.2 Å². The van der Waals surface area contributed by atoms with Gasteiger partial charge in [0.1, 0.15) is 5.82 Å². The first-order valence-electron chi connectivity index (χ1n) is 9.96. The number of aromatic nitrogens is 4. The first kappa shape index (κ1) is 18.9. The number of hydrogen-bond donors (Lipinski definition) is 1. The lowest BCUT2D eigenvalue weighted by molar-refractivity contribution is -0.121. The van der Waals surface area contributed by atoms with E-state index in [1.165, 1.54) is 29.7 Å². The van der Waals surface area contributed by atoms with Crippen LogP contribution in [0.15, 0.2) is 23.6 Å². The number of amides is 1. The number of thiophene rings is 1. The Balaban J connectivity index is 1.33. The third-order valence-electron chi connectivity index (χ3n) is 5.21. The molecule has 1 N–H and O–H groups in total. The third kappa shape index (κ3) is 4.32. The van der Waals surface area contributed by atoms with E-state index < -0.39 is 0 Å². The fourth-order valence-corrected chi connectivity index (χ4v) is 4.47. The van der Waals surface area contributed by atoms with Crippen LogP contribution in [0.3, 0.4) is 0 Å². The van der Waals surface area contributed by atoms with Crippen molar-refractivity contribution < 1.29 is 4.79 Å². The second-order valence-electron chi connectivity index (χ2n) is 7.25. The van der Waals surface area contributed by atoms with Crippen LogP contribution in [0.25, 0.3) is 5.65 Å².